The van der Waals surface area contributed by atoms with E-state index in [0.717, 1.165) is 16.3 Å². The summed E-state index contributed by atoms with van der Waals surface area (Å²) in [6.45, 7) is 0. The zero-order chi connectivity index (χ0) is 17.8. The van der Waals surface area contributed by atoms with Crippen LogP contribution in [0, 0.1) is 0 Å². The SMILES string of the molecule is COc1ccc(/C=C/C(=O)c2c(O)ccc3ccccc23)c(OC)c1. The number of allylic oxidation sites excluding steroid dienone is 1. The van der Waals surface area contributed by atoms with Crippen LogP contribution in [-0.4, -0.2) is 25.1 Å². The molecule has 0 saturated heterocycles. The lowest BCUT2D eigenvalue weighted by atomic mass is 9.99. The minimum absolute atomic E-state index is 0.0324. The van der Waals surface area contributed by atoms with E-state index >= 15 is 0 Å². The largest absolute Gasteiger partial charge is 0.507 e. The van der Waals surface area contributed by atoms with Crippen molar-refractivity contribution in [3.8, 4) is 17.2 Å². The first-order valence-electron chi connectivity index (χ1n) is 7.79. The lowest BCUT2D eigenvalue weighted by Gasteiger charge is -2.08. The fraction of sp³-hybridized carbons (Fsp3) is 0.0952. The van der Waals surface area contributed by atoms with Gasteiger partial charge in [0.05, 0.1) is 19.8 Å². The summed E-state index contributed by atoms with van der Waals surface area (Å²) >= 11 is 0. The molecule has 0 fully saturated rings. The van der Waals surface area contributed by atoms with Crippen molar-refractivity contribution in [1.82, 2.24) is 0 Å². The molecule has 25 heavy (non-hydrogen) atoms. The van der Waals surface area contributed by atoms with E-state index in [1.54, 1.807) is 38.5 Å². The first-order valence-corrected chi connectivity index (χ1v) is 7.79. The van der Waals surface area contributed by atoms with E-state index in [9.17, 15) is 9.90 Å². The second kappa shape index (κ2) is 7.09. The lowest BCUT2D eigenvalue weighted by Crippen LogP contribution is -1.97. The Kier molecular flexibility index (Phi) is 4.70. The van der Waals surface area contributed by atoms with Crippen LogP contribution in [0.1, 0.15) is 15.9 Å². The van der Waals surface area contributed by atoms with Crippen LogP contribution in [0.4, 0.5) is 0 Å². The van der Waals surface area contributed by atoms with Gasteiger partial charge in [0.1, 0.15) is 17.2 Å². The van der Waals surface area contributed by atoms with E-state index in [1.165, 1.54) is 12.1 Å². The second-order valence-electron chi connectivity index (χ2n) is 5.49. The molecule has 0 aliphatic rings. The Morgan fingerprint density at radius 2 is 1.80 bits per heavy atom. The molecule has 0 saturated carbocycles. The molecule has 4 nitrogen and oxygen atoms in total. The summed E-state index contributed by atoms with van der Waals surface area (Å²) in [5, 5.41) is 11.8. The first-order chi connectivity index (χ1) is 12.1. The van der Waals surface area contributed by atoms with Crippen LogP contribution in [-0.2, 0) is 0 Å². The van der Waals surface area contributed by atoms with Crippen molar-refractivity contribution < 1.29 is 19.4 Å². The number of fused-ring (bicyclic) bond motifs is 1. The van der Waals surface area contributed by atoms with Crippen molar-refractivity contribution >= 4 is 22.6 Å². The third-order valence-corrected chi connectivity index (χ3v) is 4.01. The molecular formula is C21H18O4. The van der Waals surface area contributed by atoms with E-state index in [-0.39, 0.29) is 11.5 Å². The summed E-state index contributed by atoms with van der Waals surface area (Å²) in [7, 11) is 3.14. The van der Waals surface area contributed by atoms with Crippen molar-refractivity contribution in [3.05, 3.63) is 71.8 Å². The van der Waals surface area contributed by atoms with Crippen LogP contribution in [0.25, 0.3) is 16.8 Å². The summed E-state index contributed by atoms with van der Waals surface area (Å²) in [4.78, 5) is 12.7. The van der Waals surface area contributed by atoms with Crippen LogP contribution >= 0.6 is 0 Å². The van der Waals surface area contributed by atoms with E-state index in [2.05, 4.69) is 0 Å². The molecule has 0 spiro atoms. The highest BCUT2D eigenvalue weighted by Crippen LogP contribution is 2.29. The molecule has 0 aromatic heterocycles. The average molecular weight is 334 g/mol. The number of hydrogen-bond acceptors (Lipinski definition) is 4. The van der Waals surface area contributed by atoms with Gasteiger partial charge < -0.3 is 14.6 Å². The molecular weight excluding hydrogens is 316 g/mol. The van der Waals surface area contributed by atoms with E-state index < -0.39 is 0 Å². The van der Waals surface area contributed by atoms with E-state index in [0.29, 0.717) is 17.1 Å². The van der Waals surface area contributed by atoms with Gasteiger partial charge in [0.15, 0.2) is 5.78 Å². The van der Waals surface area contributed by atoms with Crippen molar-refractivity contribution in [2.45, 2.75) is 0 Å². The molecule has 0 radical (unpaired) electrons. The van der Waals surface area contributed by atoms with Gasteiger partial charge in [-0.15, -0.1) is 0 Å². The molecule has 0 heterocycles. The Morgan fingerprint density at radius 3 is 2.56 bits per heavy atom. The maximum absolute atomic E-state index is 12.7. The molecule has 0 unspecified atom stereocenters. The zero-order valence-corrected chi connectivity index (χ0v) is 14.0. The van der Waals surface area contributed by atoms with Crippen molar-refractivity contribution in [1.29, 1.82) is 0 Å². The van der Waals surface area contributed by atoms with Crippen LogP contribution in [0.3, 0.4) is 0 Å². The van der Waals surface area contributed by atoms with Crippen LogP contribution in [0.5, 0.6) is 17.2 Å². The molecule has 3 rings (SSSR count). The van der Waals surface area contributed by atoms with Gasteiger partial charge in [0.2, 0.25) is 0 Å². The smallest absolute Gasteiger partial charge is 0.190 e. The van der Waals surface area contributed by atoms with Gasteiger partial charge in [0, 0.05) is 11.6 Å². The molecule has 0 amide bonds. The van der Waals surface area contributed by atoms with Gasteiger partial charge in [-0.1, -0.05) is 30.3 Å². The lowest BCUT2D eigenvalue weighted by molar-refractivity contribution is 0.104. The number of ether oxygens (including phenoxy) is 2. The van der Waals surface area contributed by atoms with Crippen molar-refractivity contribution in [2.24, 2.45) is 0 Å². The first kappa shape index (κ1) is 16.6. The van der Waals surface area contributed by atoms with Crippen molar-refractivity contribution in [2.75, 3.05) is 14.2 Å². The van der Waals surface area contributed by atoms with E-state index in [1.807, 2.05) is 30.3 Å². The summed E-state index contributed by atoms with van der Waals surface area (Å²) in [5.41, 5.74) is 1.04. The fourth-order valence-electron chi connectivity index (χ4n) is 2.72. The van der Waals surface area contributed by atoms with Gasteiger partial charge >= 0.3 is 0 Å². The highest BCUT2D eigenvalue weighted by Gasteiger charge is 2.13. The van der Waals surface area contributed by atoms with Gasteiger partial charge in [0.25, 0.3) is 0 Å². The number of carbonyl (C=O) groups excluding carboxylic acids is 1. The highest BCUT2D eigenvalue weighted by atomic mass is 16.5. The third-order valence-electron chi connectivity index (χ3n) is 4.01. The number of ketones is 1. The Balaban J connectivity index is 1.98. The normalized spacial score (nSPS) is 11.0. The summed E-state index contributed by atoms with van der Waals surface area (Å²) in [6.07, 6.45) is 3.10. The highest BCUT2D eigenvalue weighted by molar-refractivity contribution is 6.16. The topological polar surface area (TPSA) is 55.8 Å². The Hall–Kier alpha value is -3.27. The Labute approximate surface area is 145 Å². The number of aromatic hydroxyl groups is 1. The molecule has 4 heteroatoms. The molecule has 0 bridgehead atoms. The molecule has 3 aromatic carbocycles. The number of phenolic OH excluding ortho intramolecular Hbond substituents is 1. The van der Waals surface area contributed by atoms with Crippen LogP contribution in [0.15, 0.2) is 60.7 Å². The molecule has 0 aliphatic heterocycles. The second-order valence-corrected chi connectivity index (χ2v) is 5.49. The molecule has 1 N–H and O–H groups in total. The molecule has 126 valence electrons. The summed E-state index contributed by atoms with van der Waals surface area (Å²) in [6, 6.07) is 16.1. The minimum Gasteiger partial charge on any atom is -0.507 e. The molecule has 3 aromatic rings. The number of rotatable bonds is 5. The fourth-order valence-corrected chi connectivity index (χ4v) is 2.72. The monoisotopic (exact) mass is 334 g/mol. The van der Waals surface area contributed by atoms with Crippen LogP contribution in [0.2, 0.25) is 0 Å². The van der Waals surface area contributed by atoms with Crippen molar-refractivity contribution in [3.63, 3.8) is 0 Å². The number of methoxy groups -OCH3 is 2. The number of phenols is 1. The zero-order valence-electron chi connectivity index (χ0n) is 14.0. The Morgan fingerprint density at radius 1 is 1.00 bits per heavy atom. The number of benzene rings is 3. The Bertz CT molecular complexity index is 957. The maximum Gasteiger partial charge on any atom is 0.190 e. The molecule has 0 aliphatic carbocycles. The van der Waals surface area contributed by atoms with Gasteiger partial charge in [-0.2, -0.15) is 0 Å². The average Bonchev–Trinajstić information content (AvgIpc) is 2.65. The summed E-state index contributed by atoms with van der Waals surface area (Å²) < 4.78 is 10.5. The predicted molar refractivity (Wildman–Crippen MR) is 98.5 cm³/mol. The molecule has 0 atom stereocenters. The third kappa shape index (κ3) is 3.33. The maximum atomic E-state index is 12.7. The minimum atomic E-state index is -0.271. The van der Waals surface area contributed by atoms with E-state index in [4.69, 9.17) is 9.47 Å². The summed E-state index contributed by atoms with van der Waals surface area (Å²) in [5.74, 6) is 0.972. The standard InChI is InChI=1S/C21H18O4/c1-24-16-10-7-15(20(13-16)25-2)9-12-19(23)21-17-6-4-3-5-14(17)8-11-18(21)22/h3-13,22H,1-2H3/b12-9+. The van der Waals surface area contributed by atoms with Gasteiger partial charge in [-0.3, -0.25) is 4.79 Å². The number of hydrogen-bond donors (Lipinski definition) is 1. The number of carbonyl (C=O) groups is 1. The predicted octanol–water partition coefficient (Wildman–Crippen LogP) is 4.46. The van der Waals surface area contributed by atoms with Gasteiger partial charge in [-0.05, 0) is 41.1 Å². The quantitative estimate of drug-likeness (QED) is 0.553. The van der Waals surface area contributed by atoms with Gasteiger partial charge in [-0.25, -0.2) is 0 Å². The van der Waals surface area contributed by atoms with Crippen LogP contribution < -0.4 is 9.47 Å².